The SMILES string of the molecule is COC(C(=O)N[C@@H]1C(=O)N(S(=O)(=O)[O-])[C@@H]1S(C)(=O)=O)c1csc(NC(=O)CCl)n1.[Na+]. The first kappa shape index (κ1) is 27.2. The van der Waals surface area contributed by atoms with E-state index in [0.29, 0.717) is 6.26 Å². The van der Waals surface area contributed by atoms with Crippen molar-refractivity contribution in [1.29, 1.82) is 0 Å². The summed E-state index contributed by atoms with van der Waals surface area (Å²) in [6.45, 7) is 0. The second kappa shape index (κ2) is 10.2. The molecule has 0 aliphatic carbocycles. The molecule has 1 aliphatic heterocycles. The van der Waals surface area contributed by atoms with Crippen molar-refractivity contribution in [3.63, 3.8) is 0 Å². The Morgan fingerprint density at radius 1 is 1.40 bits per heavy atom. The Labute approximate surface area is 202 Å². The van der Waals surface area contributed by atoms with Gasteiger partial charge in [-0.1, -0.05) is 0 Å². The van der Waals surface area contributed by atoms with Gasteiger partial charge in [0.1, 0.15) is 11.9 Å². The Balaban J connectivity index is 0.00000450. The van der Waals surface area contributed by atoms with Crippen LogP contribution in [0.25, 0.3) is 0 Å². The van der Waals surface area contributed by atoms with Crippen molar-refractivity contribution >= 4 is 65.9 Å². The average molecular weight is 513 g/mol. The van der Waals surface area contributed by atoms with Gasteiger partial charge in [-0.2, -0.15) is 0 Å². The van der Waals surface area contributed by atoms with Crippen molar-refractivity contribution in [2.45, 2.75) is 17.5 Å². The summed E-state index contributed by atoms with van der Waals surface area (Å²) in [5.74, 6) is -3.27. The molecule has 2 rings (SSSR count). The fourth-order valence-electron chi connectivity index (χ4n) is 2.44. The van der Waals surface area contributed by atoms with Crippen LogP contribution in [0.1, 0.15) is 11.8 Å². The van der Waals surface area contributed by atoms with Crippen molar-refractivity contribution in [2.75, 3.05) is 24.6 Å². The Bertz CT molecular complexity index is 1050. The molecule has 1 aromatic rings. The van der Waals surface area contributed by atoms with Crippen LogP contribution in [-0.2, 0) is 39.3 Å². The molecule has 1 aromatic heterocycles. The van der Waals surface area contributed by atoms with Crippen molar-refractivity contribution in [1.82, 2.24) is 14.6 Å². The Kier molecular flexibility index (Phi) is 9.22. The summed E-state index contributed by atoms with van der Waals surface area (Å²) >= 11 is 6.31. The number of hydrogen-bond donors (Lipinski definition) is 2. The molecule has 3 atom stereocenters. The predicted molar refractivity (Wildman–Crippen MR) is 98.3 cm³/mol. The minimum absolute atomic E-state index is 0. The molecule has 0 spiro atoms. The van der Waals surface area contributed by atoms with E-state index in [4.69, 9.17) is 16.3 Å². The first-order chi connectivity index (χ1) is 13.3. The number of nitrogens with zero attached hydrogens (tertiary/aromatic N) is 2. The normalized spacial score (nSPS) is 20.0. The van der Waals surface area contributed by atoms with Crippen LogP contribution in [0.15, 0.2) is 5.38 Å². The summed E-state index contributed by atoms with van der Waals surface area (Å²) < 4.78 is 61.7. The van der Waals surface area contributed by atoms with E-state index in [9.17, 15) is 35.8 Å². The molecular formula is C12H14ClN4NaO9S3. The van der Waals surface area contributed by atoms with Crippen molar-refractivity contribution in [2.24, 2.45) is 0 Å². The van der Waals surface area contributed by atoms with Gasteiger partial charge in [-0.25, -0.2) is 26.1 Å². The third kappa shape index (κ3) is 5.89. The van der Waals surface area contributed by atoms with E-state index >= 15 is 0 Å². The number of hydrogen-bond acceptors (Lipinski definition) is 11. The fraction of sp³-hybridized carbons (Fsp3) is 0.500. The standard InChI is InChI=1S/C12H15ClN4O9S3.Na/c1-26-8(5-4-27-12(14-5)15-6(18)3-13)9(19)16-7-10(20)17(29(23,24)25)11(7)28(2,21)22;/h4,7-8,11H,3H2,1-2H3,(H,16,19)(H,14,15,18)(H,23,24,25);/q;+1/p-1/t7-,8?,11-;/m1./s1. The van der Waals surface area contributed by atoms with Gasteiger partial charge in [-0.3, -0.25) is 14.4 Å². The van der Waals surface area contributed by atoms with Crippen LogP contribution in [0.3, 0.4) is 0 Å². The monoisotopic (exact) mass is 512 g/mol. The molecule has 0 radical (unpaired) electrons. The fourth-order valence-corrected chi connectivity index (χ4v) is 5.87. The van der Waals surface area contributed by atoms with E-state index < -0.39 is 55.4 Å². The molecule has 0 bridgehead atoms. The molecule has 1 unspecified atom stereocenters. The van der Waals surface area contributed by atoms with Crippen LogP contribution < -0.4 is 40.2 Å². The minimum atomic E-state index is -5.39. The zero-order valence-corrected chi connectivity index (χ0v) is 20.9. The summed E-state index contributed by atoms with van der Waals surface area (Å²) in [5, 5.41) is 3.81. The van der Waals surface area contributed by atoms with Crippen LogP contribution in [0.2, 0.25) is 0 Å². The van der Waals surface area contributed by atoms with Gasteiger partial charge >= 0.3 is 29.6 Å². The second-order valence-corrected chi connectivity index (χ2v) is 10.2. The molecule has 30 heavy (non-hydrogen) atoms. The number of sulfone groups is 1. The summed E-state index contributed by atoms with van der Waals surface area (Å²) in [4.78, 5) is 39.7. The number of carbonyl (C=O) groups is 3. The predicted octanol–water partition coefficient (Wildman–Crippen LogP) is -4.83. The van der Waals surface area contributed by atoms with Gasteiger partial charge in [-0.15, -0.1) is 22.9 Å². The maximum absolute atomic E-state index is 12.5. The van der Waals surface area contributed by atoms with Gasteiger partial charge in [0.2, 0.25) is 5.91 Å². The van der Waals surface area contributed by atoms with Gasteiger partial charge in [-0.05, 0) is 0 Å². The van der Waals surface area contributed by atoms with Crippen LogP contribution in [0, 0.1) is 0 Å². The number of thiazole rings is 1. The van der Waals surface area contributed by atoms with E-state index in [1.165, 1.54) is 5.38 Å². The van der Waals surface area contributed by atoms with E-state index in [0.717, 1.165) is 18.4 Å². The van der Waals surface area contributed by atoms with E-state index in [1.54, 1.807) is 0 Å². The van der Waals surface area contributed by atoms with Gasteiger partial charge in [0.05, 0.1) is 5.69 Å². The molecular weight excluding hydrogens is 499 g/mol. The van der Waals surface area contributed by atoms with Crippen LogP contribution in [0.4, 0.5) is 5.13 Å². The van der Waals surface area contributed by atoms with E-state index in [-0.39, 0.29) is 50.6 Å². The molecule has 1 aliphatic rings. The minimum Gasteiger partial charge on any atom is -0.731 e. The summed E-state index contributed by atoms with van der Waals surface area (Å²) in [7, 11) is -8.50. The van der Waals surface area contributed by atoms with E-state index in [2.05, 4.69) is 15.6 Å². The maximum Gasteiger partial charge on any atom is 1.00 e. The molecule has 2 N–H and O–H groups in total. The van der Waals surface area contributed by atoms with Crippen LogP contribution in [0.5, 0.6) is 0 Å². The van der Waals surface area contributed by atoms with Gasteiger partial charge < -0.3 is 19.9 Å². The molecule has 162 valence electrons. The number of aromatic nitrogens is 1. The third-order valence-electron chi connectivity index (χ3n) is 3.61. The number of methoxy groups -OCH3 is 1. The number of nitrogens with one attached hydrogen (secondary N) is 2. The van der Waals surface area contributed by atoms with E-state index in [1.807, 2.05) is 0 Å². The molecule has 18 heteroatoms. The van der Waals surface area contributed by atoms with Crippen molar-refractivity contribution in [3.8, 4) is 0 Å². The van der Waals surface area contributed by atoms with Crippen LogP contribution >= 0.6 is 22.9 Å². The molecule has 13 nitrogen and oxygen atoms in total. The first-order valence-corrected chi connectivity index (χ1v) is 12.2. The number of halogens is 1. The summed E-state index contributed by atoms with van der Waals surface area (Å²) in [6, 6.07) is -1.80. The Morgan fingerprint density at radius 2 is 2.00 bits per heavy atom. The largest absolute Gasteiger partial charge is 1.00 e. The number of carbonyl (C=O) groups excluding carboxylic acids is 3. The van der Waals surface area contributed by atoms with Gasteiger partial charge in [0.25, 0.3) is 11.8 Å². The van der Waals surface area contributed by atoms with Gasteiger partial charge in [0, 0.05) is 18.7 Å². The zero-order chi connectivity index (χ0) is 22.1. The molecule has 0 aromatic carbocycles. The molecule has 3 amide bonds. The first-order valence-electron chi connectivity index (χ1n) is 7.43. The van der Waals surface area contributed by atoms with Gasteiger partial charge in [0.15, 0.2) is 36.8 Å². The van der Waals surface area contributed by atoms with Crippen LogP contribution in [-0.4, -0.2) is 79.1 Å². The topological polar surface area (TPSA) is 192 Å². The maximum atomic E-state index is 12.5. The summed E-state index contributed by atoms with van der Waals surface area (Å²) in [6.07, 6.45) is -0.805. The molecule has 0 saturated carbocycles. The number of ether oxygens (including phenoxy) is 1. The second-order valence-electron chi connectivity index (χ2n) is 5.67. The average Bonchev–Trinajstić information content (AvgIpc) is 3.03. The quantitative estimate of drug-likeness (QED) is 0.148. The van der Waals surface area contributed by atoms with Crippen molar-refractivity contribution in [3.05, 3.63) is 11.1 Å². The molecule has 2 heterocycles. The number of alkyl halides is 1. The number of β-lactam (4-membered cyclic amide) rings is 1. The third-order valence-corrected chi connectivity index (χ3v) is 7.01. The van der Waals surface area contributed by atoms with Crippen molar-refractivity contribution < 1.29 is 70.1 Å². The number of anilines is 1. The smallest absolute Gasteiger partial charge is 0.731 e. The molecule has 1 fully saturated rings. The summed E-state index contributed by atoms with van der Waals surface area (Å²) in [5.41, 5.74) is 0.0239. The number of amides is 3. The zero-order valence-electron chi connectivity index (χ0n) is 15.7. The molecule has 1 saturated heterocycles. The Morgan fingerprint density at radius 3 is 2.47 bits per heavy atom. The number of rotatable bonds is 8. The Hall–Kier alpha value is -0.850.